The fourth-order valence-corrected chi connectivity index (χ4v) is 6.73. The summed E-state index contributed by atoms with van der Waals surface area (Å²) in [6.45, 7) is 8.78. The monoisotopic (exact) mass is 568 g/mol. The molecule has 3 aromatic rings. The molecule has 9 heteroatoms. The maximum absolute atomic E-state index is 11.7. The van der Waals surface area contributed by atoms with Gasteiger partial charge in [0.05, 0.1) is 33.4 Å². The number of fused-ring (bicyclic) bond motifs is 2. The lowest BCUT2D eigenvalue weighted by molar-refractivity contribution is -0.665. The molecule has 0 fully saturated rings. The van der Waals surface area contributed by atoms with Crippen molar-refractivity contribution in [2.45, 2.75) is 46.2 Å². The minimum Gasteiger partial charge on any atom is -0.548 e. The van der Waals surface area contributed by atoms with Crippen LogP contribution in [-0.2, 0) is 11.3 Å². The van der Waals surface area contributed by atoms with Gasteiger partial charge in [-0.25, -0.2) is 0 Å². The third kappa shape index (κ3) is 4.68. The number of aromatic nitrogens is 1. The Bertz CT molecular complexity index is 1440. The molecular weight excluding hydrogens is 539 g/mol. The lowest BCUT2D eigenvalue weighted by Crippen LogP contribution is -2.47. The van der Waals surface area contributed by atoms with Crippen LogP contribution in [0.5, 0.6) is 0 Å². The molecule has 38 heavy (non-hydrogen) atoms. The summed E-state index contributed by atoms with van der Waals surface area (Å²) in [7, 11) is 0. The Hall–Kier alpha value is -3.00. The predicted molar refractivity (Wildman–Crippen MR) is 157 cm³/mol. The summed E-state index contributed by atoms with van der Waals surface area (Å²) in [5.74, 6) is 0.0388. The lowest BCUT2D eigenvalue weighted by atomic mass is 10.1. The van der Waals surface area contributed by atoms with E-state index in [4.69, 9.17) is 23.2 Å². The van der Waals surface area contributed by atoms with Crippen molar-refractivity contribution in [1.29, 1.82) is 0 Å². The van der Waals surface area contributed by atoms with Crippen LogP contribution >= 0.6 is 34.5 Å². The van der Waals surface area contributed by atoms with Gasteiger partial charge in [0.2, 0.25) is 5.52 Å². The van der Waals surface area contributed by atoms with Crippen LogP contribution in [0, 0.1) is 0 Å². The number of carboxylic acid groups (broad SMARTS) is 1. The van der Waals surface area contributed by atoms with Crippen molar-refractivity contribution in [1.82, 2.24) is 0 Å². The number of hydrogen-bond donors (Lipinski definition) is 0. The second-order valence-corrected chi connectivity index (χ2v) is 11.0. The molecule has 1 unspecified atom stereocenters. The van der Waals surface area contributed by atoms with E-state index in [2.05, 4.69) is 65.5 Å². The highest BCUT2D eigenvalue weighted by Gasteiger charge is 2.30. The Morgan fingerprint density at radius 2 is 1.79 bits per heavy atom. The van der Waals surface area contributed by atoms with Gasteiger partial charge in [-0.2, -0.15) is 4.57 Å². The topological polar surface area (TPSA) is 53.7 Å². The number of carboxylic acids is 1. The Labute approximate surface area is 237 Å². The number of halogens is 2. The zero-order valence-electron chi connectivity index (χ0n) is 21.7. The van der Waals surface area contributed by atoms with E-state index in [1.54, 1.807) is 11.3 Å². The van der Waals surface area contributed by atoms with Crippen molar-refractivity contribution >= 4 is 73.9 Å². The van der Waals surface area contributed by atoms with E-state index in [1.165, 1.54) is 0 Å². The van der Waals surface area contributed by atoms with E-state index in [0.717, 1.165) is 64.2 Å². The zero-order valence-corrected chi connectivity index (χ0v) is 24.0. The third-order valence-electron chi connectivity index (χ3n) is 7.08. The average molecular weight is 570 g/mol. The van der Waals surface area contributed by atoms with Crippen LogP contribution in [0.15, 0.2) is 60.6 Å². The first-order valence-corrected chi connectivity index (χ1v) is 14.5. The summed E-state index contributed by atoms with van der Waals surface area (Å²) >= 11 is 14.4. The molecule has 198 valence electrons. The number of anilines is 3. The van der Waals surface area contributed by atoms with Crippen molar-refractivity contribution in [3.05, 3.63) is 75.6 Å². The first-order chi connectivity index (χ1) is 18.4. The van der Waals surface area contributed by atoms with Gasteiger partial charge in [0.25, 0.3) is 5.01 Å². The fraction of sp³-hybridized carbons (Fsp3) is 0.310. The van der Waals surface area contributed by atoms with Gasteiger partial charge < -0.3 is 24.6 Å². The van der Waals surface area contributed by atoms with E-state index in [-0.39, 0.29) is 0 Å². The minimum absolute atomic E-state index is 0.544. The van der Waals surface area contributed by atoms with Crippen LogP contribution in [0.1, 0.15) is 38.6 Å². The lowest BCUT2D eigenvalue weighted by Gasteiger charge is -2.33. The van der Waals surface area contributed by atoms with Gasteiger partial charge in [0.15, 0.2) is 0 Å². The van der Waals surface area contributed by atoms with Crippen molar-refractivity contribution in [3.63, 3.8) is 0 Å². The quantitative estimate of drug-likeness (QED) is 0.329. The first-order valence-electron chi connectivity index (χ1n) is 12.9. The summed E-state index contributed by atoms with van der Waals surface area (Å²) in [5, 5.41) is 14.0. The molecule has 0 amide bonds. The van der Waals surface area contributed by atoms with E-state index in [0.29, 0.717) is 16.5 Å². The molecular formula is C29H30Cl2N4O2S. The molecule has 3 heterocycles. The van der Waals surface area contributed by atoms with Crippen LogP contribution in [0.2, 0.25) is 10.0 Å². The Balaban J connectivity index is 1.49. The summed E-state index contributed by atoms with van der Waals surface area (Å²) in [6.07, 6.45) is 11.5. The maximum Gasteiger partial charge on any atom is 0.262 e. The van der Waals surface area contributed by atoms with Crippen LogP contribution in [0.3, 0.4) is 0 Å². The van der Waals surface area contributed by atoms with Crippen molar-refractivity contribution in [2.75, 3.05) is 27.8 Å². The molecule has 0 N–H and O–H groups in total. The van der Waals surface area contributed by atoms with Crippen LogP contribution in [0.4, 0.5) is 17.1 Å². The molecule has 5 rings (SSSR count). The smallest absolute Gasteiger partial charge is 0.262 e. The molecule has 0 bridgehead atoms. The number of carbonyl (C=O) groups is 1. The summed E-state index contributed by atoms with van der Waals surface area (Å²) in [6, 6.07) is 9.37. The largest absolute Gasteiger partial charge is 0.548 e. The highest BCUT2D eigenvalue weighted by atomic mass is 35.5. The second-order valence-electron chi connectivity index (χ2n) is 9.17. The van der Waals surface area contributed by atoms with Crippen molar-refractivity contribution < 1.29 is 14.5 Å². The normalized spacial score (nSPS) is 17.2. The maximum atomic E-state index is 11.7. The summed E-state index contributed by atoms with van der Waals surface area (Å²) in [4.78, 5) is 18.0. The van der Waals surface area contributed by atoms with Gasteiger partial charge >= 0.3 is 0 Å². The SMILES string of the molecule is CCN1C(=C/C=C/c2sc3ccc(N4C=CCCC4C(=O)[O-])cc3[n+]2CC)N(CC)c2cc(Cl)c(Cl)cc21. The zero-order chi connectivity index (χ0) is 27.0. The average Bonchev–Trinajstić information content (AvgIpc) is 3.41. The fourth-order valence-electron chi connectivity index (χ4n) is 5.29. The molecule has 0 saturated carbocycles. The van der Waals surface area contributed by atoms with Crippen LogP contribution < -0.4 is 24.4 Å². The number of thiazole rings is 1. The van der Waals surface area contributed by atoms with E-state index >= 15 is 0 Å². The second kappa shape index (κ2) is 11.0. The van der Waals surface area contributed by atoms with E-state index < -0.39 is 12.0 Å². The number of aryl methyl sites for hydroxylation is 1. The number of nitrogens with zero attached hydrogens (tertiary/aromatic N) is 4. The first kappa shape index (κ1) is 26.6. The van der Waals surface area contributed by atoms with Crippen molar-refractivity contribution in [2.24, 2.45) is 0 Å². The van der Waals surface area contributed by atoms with Gasteiger partial charge in [0.1, 0.15) is 17.1 Å². The Kier molecular flexibility index (Phi) is 7.70. The number of hydrogen-bond acceptors (Lipinski definition) is 6. The highest BCUT2D eigenvalue weighted by Crippen LogP contribution is 2.45. The number of aliphatic carboxylic acids is 1. The summed E-state index contributed by atoms with van der Waals surface area (Å²) in [5.41, 5.74) is 4.06. The third-order valence-corrected chi connectivity index (χ3v) is 8.93. The van der Waals surface area contributed by atoms with Gasteiger partial charge in [-0.05, 0) is 64.0 Å². The number of carbonyl (C=O) groups excluding carboxylic acids is 1. The van der Waals surface area contributed by atoms with Gasteiger partial charge in [-0.15, -0.1) is 0 Å². The molecule has 2 aromatic carbocycles. The van der Waals surface area contributed by atoms with Gasteiger partial charge in [0, 0.05) is 37.1 Å². The summed E-state index contributed by atoms with van der Waals surface area (Å²) < 4.78 is 3.41. The van der Waals surface area contributed by atoms with Crippen LogP contribution in [0.25, 0.3) is 16.3 Å². The molecule has 6 nitrogen and oxygen atoms in total. The Morgan fingerprint density at radius 1 is 1.11 bits per heavy atom. The molecule has 0 radical (unpaired) electrons. The molecule has 0 spiro atoms. The number of allylic oxidation sites excluding steroid dienone is 3. The minimum atomic E-state index is -1.04. The van der Waals surface area contributed by atoms with Gasteiger partial charge in [-0.1, -0.05) is 46.7 Å². The standard InChI is InChI=1S/C29H30Cl2N4O2S/c1-4-32-23-17-20(30)21(31)18-24(23)33(5-2)27(32)11-9-12-28-34(6-3)25-16-19(13-14-26(25)38-28)35-15-8-7-10-22(35)29(36)37/h8-9,11-18,22H,4-7,10H2,1-3H3. The molecule has 1 atom stereocenters. The molecule has 0 aliphatic carbocycles. The molecule has 2 aliphatic heterocycles. The highest BCUT2D eigenvalue weighted by molar-refractivity contribution is 7.18. The number of benzene rings is 2. The molecule has 0 saturated heterocycles. The Morgan fingerprint density at radius 3 is 2.39 bits per heavy atom. The van der Waals surface area contributed by atoms with Gasteiger partial charge in [-0.3, -0.25) is 0 Å². The van der Waals surface area contributed by atoms with E-state index in [1.807, 2.05) is 35.4 Å². The van der Waals surface area contributed by atoms with Crippen molar-refractivity contribution in [3.8, 4) is 0 Å². The molecule has 1 aromatic heterocycles. The molecule has 2 aliphatic rings. The predicted octanol–water partition coefficient (Wildman–Crippen LogP) is 5.97. The van der Waals surface area contributed by atoms with Crippen LogP contribution in [-0.4, -0.2) is 25.1 Å². The van der Waals surface area contributed by atoms with E-state index in [9.17, 15) is 9.90 Å². The number of rotatable bonds is 7.